The Morgan fingerprint density at radius 1 is 1.10 bits per heavy atom. The quantitative estimate of drug-likeness (QED) is 0.579. The molecule has 3 aromatic rings. The summed E-state index contributed by atoms with van der Waals surface area (Å²) >= 11 is 0. The second-order valence-corrected chi connectivity index (χ2v) is 6.16. The van der Waals surface area contributed by atoms with Crippen molar-refractivity contribution in [3.05, 3.63) is 80.5 Å². The Labute approximate surface area is 162 Å². The summed E-state index contributed by atoms with van der Waals surface area (Å²) in [6.45, 7) is -0.670. The molecular weight excluding hydrogens is 386 g/mol. The van der Waals surface area contributed by atoms with Gasteiger partial charge in [-0.15, -0.1) is 0 Å². The minimum absolute atomic E-state index is 0.00336. The number of para-hydroxylation sites is 1. The number of carbonyl (C=O) groups excluding carboxylic acids is 2. The maximum absolute atomic E-state index is 13.5. The minimum atomic E-state index is -1.35. The molecule has 3 rings (SSSR count). The average Bonchev–Trinajstić information content (AvgIpc) is 2.71. The van der Waals surface area contributed by atoms with Crippen molar-refractivity contribution < 1.29 is 18.4 Å². The monoisotopic (exact) mass is 402 g/mol. The normalized spacial score (nSPS) is 11.8. The predicted molar refractivity (Wildman–Crippen MR) is 100 cm³/mol. The lowest BCUT2D eigenvalue weighted by molar-refractivity contribution is -0.129. The first-order valence-electron chi connectivity index (χ1n) is 8.49. The summed E-state index contributed by atoms with van der Waals surface area (Å²) in [6.07, 6.45) is 0. The third-order valence-corrected chi connectivity index (χ3v) is 4.28. The van der Waals surface area contributed by atoms with Crippen molar-refractivity contribution in [1.82, 2.24) is 20.2 Å². The van der Waals surface area contributed by atoms with Gasteiger partial charge in [0, 0.05) is 7.05 Å². The Morgan fingerprint density at radius 2 is 1.83 bits per heavy atom. The third kappa shape index (κ3) is 4.05. The Hall–Kier alpha value is -3.82. The van der Waals surface area contributed by atoms with Crippen LogP contribution in [0.5, 0.6) is 0 Å². The highest BCUT2D eigenvalue weighted by atomic mass is 19.2. The van der Waals surface area contributed by atoms with Crippen LogP contribution in [0.4, 0.5) is 8.78 Å². The lowest BCUT2D eigenvalue weighted by Gasteiger charge is -2.18. The number of nitrogens with one attached hydrogen (secondary N) is 3. The Kier molecular flexibility index (Phi) is 5.53. The maximum atomic E-state index is 13.5. The molecule has 0 radical (unpaired) electrons. The average molecular weight is 402 g/mol. The number of benzene rings is 2. The second kappa shape index (κ2) is 8.05. The van der Waals surface area contributed by atoms with Gasteiger partial charge in [-0.1, -0.05) is 18.2 Å². The molecule has 1 unspecified atom stereocenters. The molecule has 10 heteroatoms. The molecule has 0 bridgehead atoms. The number of hydrogen-bond donors (Lipinski definition) is 3. The number of amides is 2. The Morgan fingerprint density at radius 3 is 2.52 bits per heavy atom. The van der Waals surface area contributed by atoms with Crippen molar-refractivity contribution >= 4 is 22.7 Å². The highest BCUT2D eigenvalue weighted by molar-refractivity contribution is 5.88. The number of rotatable bonds is 5. The van der Waals surface area contributed by atoms with Crippen molar-refractivity contribution in [2.24, 2.45) is 0 Å². The summed E-state index contributed by atoms with van der Waals surface area (Å²) < 4.78 is 27.4. The molecule has 1 heterocycles. The number of halogens is 2. The number of likely N-dealkylation sites (N-methyl/N-ethyl adjacent to an activating group) is 1. The van der Waals surface area contributed by atoms with E-state index in [4.69, 9.17) is 0 Å². The van der Waals surface area contributed by atoms with Gasteiger partial charge < -0.3 is 15.6 Å². The molecule has 3 N–H and O–H groups in total. The van der Waals surface area contributed by atoms with Crippen LogP contribution in [-0.2, 0) is 16.1 Å². The molecule has 1 aromatic heterocycles. The fraction of sp³-hybridized carbons (Fsp3) is 0.158. The van der Waals surface area contributed by atoms with Gasteiger partial charge >= 0.3 is 5.69 Å². The molecule has 0 fully saturated rings. The van der Waals surface area contributed by atoms with Gasteiger partial charge in [-0.3, -0.25) is 19.0 Å². The number of H-pyrrole nitrogens is 1. The molecule has 0 aliphatic heterocycles. The molecule has 0 aliphatic carbocycles. The summed E-state index contributed by atoms with van der Waals surface area (Å²) in [6, 6.07) is 7.70. The van der Waals surface area contributed by atoms with E-state index >= 15 is 0 Å². The molecule has 2 aromatic carbocycles. The molecule has 8 nitrogen and oxygen atoms in total. The van der Waals surface area contributed by atoms with E-state index in [1.807, 2.05) is 0 Å². The van der Waals surface area contributed by atoms with E-state index in [1.165, 1.54) is 13.1 Å². The van der Waals surface area contributed by atoms with E-state index in [-0.39, 0.29) is 10.9 Å². The van der Waals surface area contributed by atoms with Gasteiger partial charge in [0.05, 0.1) is 10.9 Å². The van der Waals surface area contributed by atoms with Crippen LogP contribution < -0.4 is 21.9 Å². The van der Waals surface area contributed by atoms with Crippen molar-refractivity contribution in [3.63, 3.8) is 0 Å². The molecule has 0 saturated heterocycles. The highest BCUT2D eigenvalue weighted by Gasteiger charge is 2.24. The van der Waals surface area contributed by atoms with Crippen LogP contribution in [-0.4, -0.2) is 28.4 Å². The molecule has 1 atom stereocenters. The standard InChI is InChI=1S/C19H16F2N4O4/c1-22-17(27)16(10-6-7-12(20)13(21)8-10)24-15(26)9-25-18(28)11-4-2-3-5-14(11)23-19(25)29/h2-8,16H,9H2,1H3,(H,22,27)(H,23,29)(H,24,26). The predicted octanol–water partition coefficient (Wildman–Crippen LogP) is 0.571. The van der Waals surface area contributed by atoms with Crippen LogP contribution in [0.1, 0.15) is 11.6 Å². The van der Waals surface area contributed by atoms with E-state index in [0.29, 0.717) is 10.1 Å². The van der Waals surface area contributed by atoms with Gasteiger partial charge in [0.1, 0.15) is 12.6 Å². The van der Waals surface area contributed by atoms with E-state index in [1.54, 1.807) is 18.2 Å². The number of fused-ring (bicyclic) bond motifs is 1. The third-order valence-electron chi connectivity index (χ3n) is 4.28. The number of carbonyl (C=O) groups is 2. The van der Waals surface area contributed by atoms with Gasteiger partial charge in [0.15, 0.2) is 11.6 Å². The molecular formula is C19H16F2N4O4. The second-order valence-electron chi connectivity index (χ2n) is 6.16. The fourth-order valence-electron chi connectivity index (χ4n) is 2.83. The summed E-state index contributed by atoms with van der Waals surface area (Å²) in [5, 5.41) is 4.85. The summed E-state index contributed by atoms with van der Waals surface area (Å²) in [5.41, 5.74) is -1.16. The number of aromatic nitrogens is 2. The molecule has 0 saturated carbocycles. The molecule has 0 aliphatic rings. The zero-order valence-electron chi connectivity index (χ0n) is 15.2. The fourth-order valence-corrected chi connectivity index (χ4v) is 2.83. The summed E-state index contributed by atoms with van der Waals surface area (Å²) in [4.78, 5) is 51.7. The van der Waals surface area contributed by atoms with Gasteiger partial charge in [-0.2, -0.15) is 0 Å². The number of nitrogens with zero attached hydrogens (tertiary/aromatic N) is 1. The lowest BCUT2D eigenvalue weighted by Crippen LogP contribution is -2.44. The first kappa shape index (κ1) is 19.9. The highest BCUT2D eigenvalue weighted by Crippen LogP contribution is 2.17. The van der Waals surface area contributed by atoms with Crippen LogP contribution >= 0.6 is 0 Å². The van der Waals surface area contributed by atoms with Gasteiger partial charge in [-0.25, -0.2) is 13.6 Å². The van der Waals surface area contributed by atoms with E-state index < -0.39 is 47.3 Å². The van der Waals surface area contributed by atoms with Crippen LogP contribution in [0.3, 0.4) is 0 Å². The zero-order valence-corrected chi connectivity index (χ0v) is 15.2. The van der Waals surface area contributed by atoms with Crippen LogP contribution in [0.25, 0.3) is 10.9 Å². The Balaban J connectivity index is 1.90. The minimum Gasteiger partial charge on any atom is -0.357 e. The molecule has 2 amide bonds. The largest absolute Gasteiger partial charge is 0.357 e. The van der Waals surface area contributed by atoms with E-state index in [9.17, 15) is 28.0 Å². The topological polar surface area (TPSA) is 113 Å². The SMILES string of the molecule is CNC(=O)C(NC(=O)Cn1c(=O)[nH]c2ccccc2c1=O)c1ccc(F)c(F)c1. The summed E-state index contributed by atoms with van der Waals surface area (Å²) in [7, 11) is 1.31. The Bertz CT molecular complexity index is 1220. The van der Waals surface area contributed by atoms with Gasteiger partial charge in [0.25, 0.3) is 5.56 Å². The van der Waals surface area contributed by atoms with E-state index in [2.05, 4.69) is 15.6 Å². The maximum Gasteiger partial charge on any atom is 0.329 e. The van der Waals surface area contributed by atoms with Gasteiger partial charge in [-0.05, 0) is 29.8 Å². The lowest BCUT2D eigenvalue weighted by atomic mass is 10.1. The van der Waals surface area contributed by atoms with Crippen LogP contribution in [0.15, 0.2) is 52.1 Å². The first-order valence-corrected chi connectivity index (χ1v) is 8.49. The summed E-state index contributed by atoms with van der Waals surface area (Å²) in [5.74, 6) is -3.83. The molecule has 150 valence electrons. The van der Waals surface area contributed by atoms with Crippen LogP contribution in [0, 0.1) is 11.6 Å². The van der Waals surface area contributed by atoms with E-state index in [0.717, 1.165) is 18.2 Å². The smallest absolute Gasteiger partial charge is 0.329 e. The molecule has 29 heavy (non-hydrogen) atoms. The zero-order chi connectivity index (χ0) is 21.1. The van der Waals surface area contributed by atoms with Crippen molar-refractivity contribution in [2.45, 2.75) is 12.6 Å². The van der Waals surface area contributed by atoms with Crippen molar-refractivity contribution in [3.8, 4) is 0 Å². The van der Waals surface area contributed by atoms with Gasteiger partial charge in [0.2, 0.25) is 11.8 Å². The number of aromatic amines is 1. The molecule has 0 spiro atoms. The van der Waals surface area contributed by atoms with Crippen molar-refractivity contribution in [2.75, 3.05) is 7.05 Å². The van der Waals surface area contributed by atoms with Crippen molar-refractivity contribution in [1.29, 1.82) is 0 Å². The van der Waals surface area contributed by atoms with Crippen LogP contribution in [0.2, 0.25) is 0 Å². The number of hydrogen-bond acceptors (Lipinski definition) is 4. The first-order chi connectivity index (χ1) is 13.8.